The maximum atomic E-state index is 11.6. The molecule has 2 unspecified atom stereocenters. The maximum Gasteiger partial charge on any atom is 0.240 e. The topological polar surface area (TPSA) is 177 Å². The van der Waals surface area contributed by atoms with Crippen molar-refractivity contribution in [3.63, 3.8) is 0 Å². The van der Waals surface area contributed by atoms with Gasteiger partial charge in [-0.2, -0.15) is 5.26 Å². The highest BCUT2D eigenvalue weighted by molar-refractivity contribution is 5.88. The summed E-state index contributed by atoms with van der Waals surface area (Å²) in [6.45, 7) is 5.36. The molecule has 10 heteroatoms. The van der Waals surface area contributed by atoms with Crippen LogP contribution in [0.1, 0.15) is 67.2 Å². The van der Waals surface area contributed by atoms with E-state index in [0.29, 0.717) is 51.7 Å². The molecule has 6 N–H and O–H groups in total. The molecule has 2 rings (SSSR count). The number of hydrogen-bond donors (Lipinski definition) is 3. The van der Waals surface area contributed by atoms with Crippen molar-refractivity contribution in [3.05, 3.63) is 0 Å². The number of nitrogens with two attached hydrogens (primary N) is 3. The van der Waals surface area contributed by atoms with Crippen LogP contribution in [0.2, 0.25) is 0 Å². The van der Waals surface area contributed by atoms with E-state index < -0.39 is 23.9 Å². The van der Waals surface area contributed by atoms with Gasteiger partial charge in [-0.3, -0.25) is 19.2 Å². The predicted molar refractivity (Wildman–Crippen MR) is 124 cm³/mol. The third kappa shape index (κ3) is 8.46. The van der Waals surface area contributed by atoms with E-state index in [1.54, 1.807) is 4.90 Å². The number of nitrogens with zero attached hydrogens (tertiary/aromatic N) is 3. The fourth-order valence-electron chi connectivity index (χ4n) is 4.06. The minimum atomic E-state index is -0.513. The number of primary amides is 2. The van der Waals surface area contributed by atoms with E-state index in [9.17, 15) is 19.2 Å². The highest BCUT2D eigenvalue weighted by atomic mass is 16.2. The van der Waals surface area contributed by atoms with Crippen LogP contribution < -0.4 is 17.2 Å². The first-order chi connectivity index (χ1) is 14.2. The van der Waals surface area contributed by atoms with Crippen molar-refractivity contribution < 1.29 is 19.2 Å². The van der Waals surface area contributed by atoms with E-state index in [-0.39, 0.29) is 38.5 Å². The average molecular weight is 455 g/mol. The molecule has 0 radical (unpaired) electrons. The van der Waals surface area contributed by atoms with Gasteiger partial charge in [-0.25, -0.2) is 0 Å². The van der Waals surface area contributed by atoms with Crippen molar-refractivity contribution in [2.75, 3.05) is 19.6 Å². The van der Waals surface area contributed by atoms with E-state index in [1.165, 1.54) is 4.90 Å². The Balaban J connectivity index is 0. The number of carbonyl (C=O) groups excluding carboxylic acids is 4. The number of rotatable bonds is 9. The normalized spacial score (nSPS) is 21.4. The summed E-state index contributed by atoms with van der Waals surface area (Å²) in [5.41, 5.74) is 15.9. The highest BCUT2D eigenvalue weighted by Gasteiger charge is 2.36. The van der Waals surface area contributed by atoms with E-state index in [4.69, 9.17) is 22.5 Å². The Morgan fingerprint density at radius 2 is 1.38 bits per heavy atom. The average Bonchev–Trinajstić information content (AvgIpc) is 3.20. The lowest BCUT2D eigenvalue weighted by molar-refractivity contribution is -0.136. The maximum absolute atomic E-state index is 11.6. The fraction of sp³-hybridized carbons (Fsp3) is 0.773. The molecule has 2 saturated heterocycles. The summed E-state index contributed by atoms with van der Waals surface area (Å²) < 4.78 is 0. The van der Waals surface area contributed by atoms with Crippen molar-refractivity contribution in [1.29, 1.82) is 5.26 Å². The summed E-state index contributed by atoms with van der Waals surface area (Å²) in [4.78, 5) is 48.5. The predicted octanol–water partition coefficient (Wildman–Crippen LogP) is 0.732. The van der Waals surface area contributed by atoms with Gasteiger partial charge >= 0.3 is 0 Å². The Morgan fingerprint density at radius 3 is 1.72 bits per heavy atom. The zero-order valence-corrected chi connectivity index (χ0v) is 17.9. The summed E-state index contributed by atoms with van der Waals surface area (Å²) in [6, 6.07) is 1.08. The molecule has 184 valence electrons. The largest absolute Gasteiger partial charge is 0.368 e. The molecule has 2 aliphatic rings. The van der Waals surface area contributed by atoms with Crippen LogP contribution in [0.25, 0.3) is 0 Å². The second-order valence-electron chi connectivity index (χ2n) is 7.82. The minimum Gasteiger partial charge on any atom is -0.368 e. The lowest BCUT2D eigenvalue weighted by Crippen LogP contribution is -2.45. The molecule has 2 heterocycles. The van der Waals surface area contributed by atoms with Crippen molar-refractivity contribution in [3.8, 4) is 6.07 Å². The molecular formula is C22H42N6O4. The number of likely N-dealkylation sites (tertiary alicyclic amines) is 2. The Morgan fingerprint density at radius 1 is 0.969 bits per heavy atom. The van der Waals surface area contributed by atoms with Crippen LogP contribution in [0.3, 0.4) is 0 Å². The van der Waals surface area contributed by atoms with Gasteiger partial charge in [0.05, 0.1) is 6.07 Å². The molecule has 0 aromatic carbocycles. The molecule has 32 heavy (non-hydrogen) atoms. The third-order valence-corrected chi connectivity index (χ3v) is 5.61. The number of nitriles is 1. The number of carbonyl (C=O) groups is 4. The summed E-state index contributed by atoms with van der Waals surface area (Å²) in [5, 5.41) is 8.53. The molecule has 0 aliphatic carbocycles. The molecule has 4 atom stereocenters. The van der Waals surface area contributed by atoms with E-state index in [2.05, 4.69) is 0 Å². The first kappa shape index (κ1) is 31.5. The van der Waals surface area contributed by atoms with Crippen LogP contribution in [-0.2, 0) is 19.2 Å². The fourth-order valence-corrected chi connectivity index (χ4v) is 4.06. The zero-order chi connectivity index (χ0) is 22.8. The van der Waals surface area contributed by atoms with Crippen LogP contribution >= 0.6 is 0 Å². The van der Waals surface area contributed by atoms with Crippen LogP contribution in [0, 0.1) is 23.2 Å². The molecule has 10 nitrogen and oxygen atoms in total. The van der Waals surface area contributed by atoms with Gasteiger partial charge in [0.15, 0.2) is 0 Å². The highest BCUT2D eigenvalue weighted by Crippen LogP contribution is 2.24. The van der Waals surface area contributed by atoms with Gasteiger partial charge in [0.1, 0.15) is 12.1 Å². The lowest BCUT2D eigenvalue weighted by Gasteiger charge is -2.24. The zero-order valence-electron chi connectivity index (χ0n) is 17.9. The lowest BCUT2D eigenvalue weighted by atomic mass is 10.1. The van der Waals surface area contributed by atoms with Gasteiger partial charge < -0.3 is 27.0 Å². The van der Waals surface area contributed by atoms with Crippen LogP contribution in [0.15, 0.2) is 0 Å². The van der Waals surface area contributed by atoms with Gasteiger partial charge in [-0.1, -0.05) is 28.7 Å². The second kappa shape index (κ2) is 15.2. The van der Waals surface area contributed by atoms with Gasteiger partial charge in [0.2, 0.25) is 23.6 Å². The van der Waals surface area contributed by atoms with Gasteiger partial charge in [-0.05, 0) is 37.6 Å². The molecule has 0 saturated carbocycles. The monoisotopic (exact) mass is 454 g/mol. The summed E-state index contributed by atoms with van der Waals surface area (Å²) in [6.07, 6.45) is 3.16. The SMILES string of the molecule is C.C.CC[C@@H](C(N)=O)N1CC(CC#N)CC1=O.CC[C@@H](C(N)=O)N1CC(CCN)CC1=O. The molecule has 0 bridgehead atoms. The summed E-state index contributed by atoms with van der Waals surface area (Å²) >= 11 is 0. The number of amides is 4. The van der Waals surface area contributed by atoms with Crippen molar-refractivity contribution in [1.82, 2.24) is 9.80 Å². The second-order valence-corrected chi connectivity index (χ2v) is 7.82. The summed E-state index contributed by atoms with van der Waals surface area (Å²) in [5.74, 6) is -0.588. The van der Waals surface area contributed by atoms with Crippen molar-refractivity contribution in [2.45, 2.75) is 79.3 Å². The molecule has 2 fully saturated rings. The van der Waals surface area contributed by atoms with Gasteiger partial charge in [0.25, 0.3) is 0 Å². The minimum absolute atomic E-state index is 0. The smallest absolute Gasteiger partial charge is 0.240 e. The number of hydrogen-bond acceptors (Lipinski definition) is 6. The molecule has 2 aliphatic heterocycles. The molecular weight excluding hydrogens is 412 g/mol. The Labute approximate surface area is 192 Å². The standard InChI is InChI=1S/C10H19N3O2.C10H15N3O2.2CH4/c2*1-2-8(10(12)15)13-6-7(3-4-11)5-9(13)14;;/h7-8H,2-6,11H2,1H3,(H2,12,15);7-8H,2-3,5-6H2,1H3,(H2,12,15);2*1H4/t2*7?,8-;;/m00../s1. The third-order valence-electron chi connectivity index (χ3n) is 5.61. The summed E-state index contributed by atoms with van der Waals surface area (Å²) in [7, 11) is 0. The first-order valence-electron chi connectivity index (χ1n) is 10.4. The van der Waals surface area contributed by atoms with Gasteiger partial charge in [0, 0.05) is 32.4 Å². The van der Waals surface area contributed by atoms with Crippen molar-refractivity contribution in [2.24, 2.45) is 29.0 Å². The van der Waals surface area contributed by atoms with Crippen LogP contribution in [-0.4, -0.2) is 65.1 Å². The molecule has 0 aromatic heterocycles. The van der Waals surface area contributed by atoms with E-state index >= 15 is 0 Å². The molecule has 4 amide bonds. The van der Waals surface area contributed by atoms with Crippen LogP contribution in [0.4, 0.5) is 0 Å². The Bertz CT molecular complexity index is 678. The van der Waals surface area contributed by atoms with Crippen molar-refractivity contribution >= 4 is 23.6 Å². The quantitative estimate of drug-likeness (QED) is 0.462. The molecule has 0 spiro atoms. The van der Waals surface area contributed by atoms with Gasteiger partial charge in [-0.15, -0.1) is 0 Å². The van der Waals surface area contributed by atoms with E-state index in [0.717, 1.165) is 6.42 Å². The first-order valence-corrected chi connectivity index (χ1v) is 10.4. The van der Waals surface area contributed by atoms with Crippen LogP contribution in [0.5, 0.6) is 0 Å². The Kier molecular flexibility index (Phi) is 15.0. The Hall–Kier alpha value is -2.67. The van der Waals surface area contributed by atoms with E-state index in [1.807, 2.05) is 19.9 Å². The molecule has 0 aromatic rings.